The normalized spacial score (nSPS) is 21.4. The van der Waals surface area contributed by atoms with Gasteiger partial charge in [-0.15, -0.1) is 0 Å². The lowest BCUT2D eigenvalue weighted by atomic mass is 9.82. The van der Waals surface area contributed by atoms with Gasteiger partial charge in [0.25, 0.3) is 0 Å². The summed E-state index contributed by atoms with van der Waals surface area (Å²) in [4.78, 5) is 2.69. The van der Waals surface area contributed by atoms with Crippen molar-refractivity contribution in [2.45, 2.75) is 59.0 Å². The van der Waals surface area contributed by atoms with Crippen LogP contribution in [0.1, 0.15) is 57.2 Å². The van der Waals surface area contributed by atoms with Gasteiger partial charge in [-0.25, -0.2) is 0 Å². The molecule has 1 heterocycles. The van der Waals surface area contributed by atoms with Crippen molar-refractivity contribution in [2.24, 2.45) is 5.41 Å². The third kappa shape index (κ3) is 3.49. The van der Waals surface area contributed by atoms with Crippen LogP contribution >= 0.6 is 0 Å². The summed E-state index contributed by atoms with van der Waals surface area (Å²) in [5, 5.41) is 3.54. The summed E-state index contributed by atoms with van der Waals surface area (Å²) in [6.45, 7) is 11.7. The highest BCUT2D eigenvalue weighted by molar-refractivity contribution is 5.25. The first-order chi connectivity index (χ1) is 10.0. The van der Waals surface area contributed by atoms with Crippen molar-refractivity contribution in [1.82, 2.24) is 10.2 Å². The van der Waals surface area contributed by atoms with Gasteiger partial charge >= 0.3 is 0 Å². The van der Waals surface area contributed by atoms with Crippen LogP contribution in [0.15, 0.2) is 24.3 Å². The number of rotatable bonds is 6. The molecule has 21 heavy (non-hydrogen) atoms. The molecule has 2 heteroatoms. The lowest BCUT2D eigenvalue weighted by Crippen LogP contribution is -2.41. The van der Waals surface area contributed by atoms with Crippen molar-refractivity contribution in [3.05, 3.63) is 35.4 Å². The summed E-state index contributed by atoms with van der Waals surface area (Å²) in [5.74, 6) is 0. The van der Waals surface area contributed by atoms with Crippen LogP contribution < -0.4 is 5.32 Å². The average molecular weight is 288 g/mol. The molecule has 118 valence electrons. The van der Waals surface area contributed by atoms with E-state index in [1.165, 1.54) is 43.5 Å². The standard InChI is InChI=1S/C19H32N2/c1-6-19(7-2)12-13-21(14-19)16(4)18(20-5)17-10-8-15(3)9-11-17/h8-11,16,18,20H,6-7,12-14H2,1-5H3. The molecule has 2 unspecified atom stereocenters. The van der Waals surface area contributed by atoms with E-state index >= 15 is 0 Å². The van der Waals surface area contributed by atoms with Crippen molar-refractivity contribution in [3.63, 3.8) is 0 Å². The minimum Gasteiger partial charge on any atom is -0.312 e. The molecule has 2 nitrogen and oxygen atoms in total. The summed E-state index contributed by atoms with van der Waals surface area (Å²) < 4.78 is 0. The van der Waals surface area contributed by atoms with Crippen LogP contribution in [-0.4, -0.2) is 31.1 Å². The third-order valence-electron chi connectivity index (χ3n) is 5.77. The van der Waals surface area contributed by atoms with Gasteiger partial charge in [0.2, 0.25) is 0 Å². The maximum Gasteiger partial charge on any atom is 0.0473 e. The van der Waals surface area contributed by atoms with E-state index in [2.05, 4.69) is 69.2 Å². The van der Waals surface area contributed by atoms with Gasteiger partial charge in [-0.3, -0.25) is 4.90 Å². The lowest BCUT2D eigenvalue weighted by molar-refractivity contribution is 0.174. The first-order valence-electron chi connectivity index (χ1n) is 8.53. The van der Waals surface area contributed by atoms with Crippen molar-refractivity contribution in [1.29, 1.82) is 0 Å². The molecule has 1 aromatic rings. The van der Waals surface area contributed by atoms with Crippen molar-refractivity contribution in [3.8, 4) is 0 Å². The van der Waals surface area contributed by atoms with Gasteiger partial charge in [0, 0.05) is 18.6 Å². The summed E-state index contributed by atoms with van der Waals surface area (Å²) in [7, 11) is 2.09. The fourth-order valence-corrected chi connectivity index (χ4v) is 3.82. The molecule has 1 aromatic carbocycles. The summed E-state index contributed by atoms with van der Waals surface area (Å²) in [5.41, 5.74) is 3.29. The zero-order chi connectivity index (χ0) is 15.5. The summed E-state index contributed by atoms with van der Waals surface area (Å²) >= 11 is 0. The van der Waals surface area contributed by atoms with E-state index in [9.17, 15) is 0 Å². The van der Waals surface area contributed by atoms with E-state index in [4.69, 9.17) is 0 Å². The fourth-order valence-electron chi connectivity index (χ4n) is 3.82. The quantitative estimate of drug-likeness (QED) is 0.845. The Morgan fingerprint density at radius 2 is 1.81 bits per heavy atom. The van der Waals surface area contributed by atoms with E-state index in [1.54, 1.807) is 0 Å². The number of benzene rings is 1. The van der Waals surface area contributed by atoms with Crippen molar-refractivity contribution in [2.75, 3.05) is 20.1 Å². The molecule has 1 N–H and O–H groups in total. The number of likely N-dealkylation sites (tertiary alicyclic amines) is 1. The summed E-state index contributed by atoms with van der Waals surface area (Å²) in [6.07, 6.45) is 3.97. The number of hydrogen-bond donors (Lipinski definition) is 1. The van der Waals surface area contributed by atoms with Crippen LogP contribution in [0.25, 0.3) is 0 Å². The Kier molecular flexibility index (Phi) is 5.45. The highest BCUT2D eigenvalue weighted by Crippen LogP contribution is 2.39. The molecular formula is C19H32N2. The molecule has 1 aliphatic rings. The Balaban J connectivity index is 2.10. The topological polar surface area (TPSA) is 15.3 Å². The van der Waals surface area contributed by atoms with Gasteiger partial charge in [0.15, 0.2) is 0 Å². The predicted molar refractivity (Wildman–Crippen MR) is 91.6 cm³/mol. The average Bonchev–Trinajstić information content (AvgIpc) is 2.95. The molecule has 0 bridgehead atoms. The maximum atomic E-state index is 3.54. The largest absolute Gasteiger partial charge is 0.312 e. The molecule has 0 saturated carbocycles. The highest BCUT2D eigenvalue weighted by atomic mass is 15.2. The molecule has 1 saturated heterocycles. The zero-order valence-electron chi connectivity index (χ0n) is 14.4. The van der Waals surface area contributed by atoms with Gasteiger partial charge in [-0.2, -0.15) is 0 Å². The molecule has 0 spiro atoms. The number of nitrogens with one attached hydrogen (secondary N) is 1. The highest BCUT2D eigenvalue weighted by Gasteiger charge is 2.38. The Labute approximate surface area is 130 Å². The van der Waals surface area contributed by atoms with E-state index in [0.717, 1.165) is 0 Å². The number of aryl methyl sites for hydroxylation is 1. The van der Waals surface area contributed by atoms with Gasteiger partial charge in [0.05, 0.1) is 0 Å². The first kappa shape index (κ1) is 16.5. The second-order valence-electron chi connectivity index (χ2n) is 6.85. The maximum absolute atomic E-state index is 3.54. The second-order valence-corrected chi connectivity index (χ2v) is 6.85. The lowest BCUT2D eigenvalue weighted by Gasteiger charge is -2.34. The zero-order valence-corrected chi connectivity index (χ0v) is 14.4. The second kappa shape index (κ2) is 6.93. The van der Waals surface area contributed by atoms with Gasteiger partial charge in [-0.05, 0) is 57.7 Å². The van der Waals surface area contributed by atoms with E-state index in [0.29, 0.717) is 17.5 Å². The van der Waals surface area contributed by atoms with Crippen LogP contribution in [0.2, 0.25) is 0 Å². The molecular weight excluding hydrogens is 256 g/mol. The number of likely N-dealkylation sites (N-methyl/N-ethyl adjacent to an activating group) is 1. The molecule has 0 aliphatic carbocycles. The van der Waals surface area contributed by atoms with Crippen LogP contribution in [0.5, 0.6) is 0 Å². The van der Waals surface area contributed by atoms with E-state index in [-0.39, 0.29) is 0 Å². The minimum absolute atomic E-state index is 0.412. The Hall–Kier alpha value is -0.860. The summed E-state index contributed by atoms with van der Waals surface area (Å²) in [6, 6.07) is 9.94. The van der Waals surface area contributed by atoms with Crippen LogP contribution in [0.4, 0.5) is 0 Å². The Morgan fingerprint density at radius 1 is 1.19 bits per heavy atom. The first-order valence-corrected chi connectivity index (χ1v) is 8.53. The van der Waals surface area contributed by atoms with Crippen LogP contribution in [0, 0.1) is 12.3 Å². The molecule has 1 fully saturated rings. The molecule has 0 aromatic heterocycles. The van der Waals surface area contributed by atoms with E-state index in [1.807, 2.05) is 0 Å². The molecule has 0 amide bonds. The molecule has 2 rings (SSSR count). The third-order valence-corrected chi connectivity index (χ3v) is 5.77. The Morgan fingerprint density at radius 3 is 2.29 bits per heavy atom. The smallest absolute Gasteiger partial charge is 0.0473 e. The number of hydrogen-bond acceptors (Lipinski definition) is 2. The number of nitrogens with zero attached hydrogens (tertiary/aromatic N) is 1. The van der Waals surface area contributed by atoms with Crippen LogP contribution in [-0.2, 0) is 0 Å². The van der Waals surface area contributed by atoms with E-state index < -0.39 is 0 Å². The van der Waals surface area contributed by atoms with Crippen molar-refractivity contribution >= 4 is 0 Å². The Bertz CT molecular complexity index is 433. The van der Waals surface area contributed by atoms with Gasteiger partial charge < -0.3 is 5.32 Å². The van der Waals surface area contributed by atoms with Gasteiger partial charge in [0.1, 0.15) is 0 Å². The molecule has 0 radical (unpaired) electrons. The monoisotopic (exact) mass is 288 g/mol. The fraction of sp³-hybridized carbons (Fsp3) is 0.684. The van der Waals surface area contributed by atoms with Crippen LogP contribution in [0.3, 0.4) is 0 Å². The predicted octanol–water partition coefficient (Wildman–Crippen LogP) is 4.16. The molecule has 1 aliphatic heterocycles. The molecule has 2 atom stereocenters. The minimum atomic E-state index is 0.412. The SMILES string of the molecule is CCC1(CC)CCN(C(C)C(NC)c2ccc(C)cc2)C1. The van der Waals surface area contributed by atoms with Crippen molar-refractivity contribution < 1.29 is 0 Å². The van der Waals surface area contributed by atoms with Gasteiger partial charge in [-0.1, -0.05) is 43.7 Å².